The zero-order valence-corrected chi connectivity index (χ0v) is 14.3. The first-order chi connectivity index (χ1) is 11.8. The van der Waals surface area contributed by atoms with Gasteiger partial charge in [0.05, 0.1) is 4.92 Å². The second kappa shape index (κ2) is 6.11. The molecular formula is C17H16ClN3O4. The van der Waals surface area contributed by atoms with E-state index in [1.807, 2.05) is 0 Å². The summed E-state index contributed by atoms with van der Waals surface area (Å²) in [7, 11) is 0. The lowest BCUT2D eigenvalue weighted by molar-refractivity contribution is -0.595. The van der Waals surface area contributed by atoms with Crippen molar-refractivity contribution in [1.82, 2.24) is 5.06 Å². The summed E-state index contributed by atoms with van der Waals surface area (Å²) in [5, 5.41) is 36.2. The normalized spacial score (nSPS) is 23.9. The van der Waals surface area contributed by atoms with Gasteiger partial charge in [0.25, 0.3) is 11.4 Å². The van der Waals surface area contributed by atoms with Crippen LogP contribution in [-0.2, 0) is 5.66 Å². The molecule has 0 radical (unpaired) electrons. The first kappa shape index (κ1) is 17.3. The monoisotopic (exact) mass is 361 g/mol. The third kappa shape index (κ3) is 2.66. The van der Waals surface area contributed by atoms with Crippen LogP contribution in [-0.4, -0.2) is 31.7 Å². The summed E-state index contributed by atoms with van der Waals surface area (Å²) in [6.07, 6.45) is 0. The molecule has 130 valence electrons. The van der Waals surface area contributed by atoms with Crippen LogP contribution in [0.2, 0.25) is 5.02 Å². The Bertz CT molecular complexity index is 868. The summed E-state index contributed by atoms with van der Waals surface area (Å²) in [5.74, 6) is 0. The number of nitro groups is 1. The third-order valence-corrected chi connectivity index (χ3v) is 4.82. The van der Waals surface area contributed by atoms with Crippen LogP contribution < -0.4 is 0 Å². The Hall–Kier alpha value is -2.48. The lowest BCUT2D eigenvalue weighted by atomic mass is 10.0. The van der Waals surface area contributed by atoms with Gasteiger partial charge in [-0.2, -0.15) is 4.74 Å². The summed E-state index contributed by atoms with van der Waals surface area (Å²) < 4.78 is 0.694. The standard InChI is InChI=1S/C17H16ClN3O4/c1-11-16(12-6-8-14(18)9-7-12)20(23)17(2,19(11)22)13-4-3-5-15(10-13)21(24)25/h3-11,22H,1-2H3/t11-,17-/m1/s1. The average molecular weight is 362 g/mol. The molecule has 1 aliphatic rings. The first-order valence-electron chi connectivity index (χ1n) is 7.60. The molecule has 0 aliphatic carbocycles. The topological polar surface area (TPSA) is 92.7 Å². The van der Waals surface area contributed by atoms with Gasteiger partial charge in [-0.25, -0.2) is 0 Å². The second-order valence-corrected chi connectivity index (χ2v) is 6.47. The molecule has 8 heteroatoms. The Labute approximate surface area is 149 Å². The van der Waals surface area contributed by atoms with Crippen molar-refractivity contribution >= 4 is 23.0 Å². The summed E-state index contributed by atoms with van der Waals surface area (Å²) in [4.78, 5) is 10.5. The van der Waals surface area contributed by atoms with Crippen molar-refractivity contribution in [3.8, 4) is 0 Å². The van der Waals surface area contributed by atoms with Gasteiger partial charge < -0.3 is 10.4 Å². The molecule has 0 unspecified atom stereocenters. The van der Waals surface area contributed by atoms with E-state index in [2.05, 4.69) is 0 Å². The Morgan fingerprint density at radius 3 is 2.52 bits per heavy atom. The van der Waals surface area contributed by atoms with E-state index in [0.717, 1.165) is 5.06 Å². The lowest BCUT2D eigenvalue weighted by Gasteiger charge is -2.29. The van der Waals surface area contributed by atoms with Crippen molar-refractivity contribution in [3.05, 3.63) is 80.0 Å². The van der Waals surface area contributed by atoms with Crippen LogP contribution in [0.25, 0.3) is 0 Å². The number of halogens is 1. The van der Waals surface area contributed by atoms with Gasteiger partial charge in [-0.05, 0) is 37.3 Å². The fourth-order valence-corrected chi connectivity index (χ4v) is 3.26. The van der Waals surface area contributed by atoms with Gasteiger partial charge in [-0.3, -0.25) is 10.1 Å². The number of hydroxylamine groups is 3. The van der Waals surface area contributed by atoms with Crippen molar-refractivity contribution in [3.63, 3.8) is 0 Å². The molecule has 0 saturated carbocycles. The largest absolute Gasteiger partial charge is 0.622 e. The van der Waals surface area contributed by atoms with Gasteiger partial charge >= 0.3 is 0 Å². The summed E-state index contributed by atoms with van der Waals surface area (Å²) in [5.41, 5.74) is -0.322. The van der Waals surface area contributed by atoms with Crippen LogP contribution in [0.3, 0.4) is 0 Å². The first-order valence-corrected chi connectivity index (χ1v) is 7.98. The maximum absolute atomic E-state index is 13.1. The Balaban J connectivity index is 2.16. The van der Waals surface area contributed by atoms with Crippen molar-refractivity contribution in [2.75, 3.05) is 0 Å². The Morgan fingerprint density at radius 1 is 1.28 bits per heavy atom. The van der Waals surface area contributed by atoms with E-state index in [4.69, 9.17) is 11.6 Å². The smallest absolute Gasteiger partial charge is 0.274 e. The van der Waals surface area contributed by atoms with E-state index >= 15 is 0 Å². The molecule has 0 aromatic heterocycles. The molecule has 2 atom stereocenters. The van der Waals surface area contributed by atoms with E-state index in [-0.39, 0.29) is 5.69 Å². The summed E-state index contributed by atoms with van der Waals surface area (Å²) >= 11 is 5.89. The lowest BCUT2D eigenvalue weighted by Crippen LogP contribution is -2.45. The maximum Gasteiger partial charge on any atom is 0.274 e. The van der Waals surface area contributed by atoms with Gasteiger partial charge in [0.15, 0.2) is 0 Å². The number of hydrogen-bond donors (Lipinski definition) is 1. The van der Waals surface area contributed by atoms with Gasteiger partial charge in [-0.1, -0.05) is 17.7 Å². The fourth-order valence-electron chi connectivity index (χ4n) is 3.13. The van der Waals surface area contributed by atoms with E-state index in [9.17, 15) is 20.5 Å². The number of rotatable bonds is 3. The third-order valence-electron chi connectivity index (χ3n) is 4.57. The minimum atomic E-state index is -1.49. The fraction of sp³-hybridized carbons (Fsp3) is 0.235. The van der Waals surface area contributed by atoms with Gasteiger partial charge in [0.2, 0.25) is 5.71 Å². The van der Waals surface area contributed by atoms with Crippen molar-refractivity contribution in [2.45, 2.75) is 25.6 Å². The highest BCUT2D eigenvalue weighted by Gasteiger charge is 2.54. The molecule has 0 bridgehead atoms. The van der Waals surface area contributed by atoms with Gasteiger partial charge in [0, 0.05) is 35.2 Å². The summed E-state index contributed by atoms with van der Waals surface area (Å²) in [6, 6.07) is 11.8. The molecular weight excluding hydrogens is 346 g/mol. The van der Waals surface area contributed by atoms with Crippen LogP contribution in [0, 0.1) is 15.3 Å². The van der Waals surface area contributed by atoms with E-state index in [1.54, 1.807) is 37.3 Å². The van der Waals surface area contributed by atoms with E-state index < -0.39 is 16.6 Å². The zero-order valence-electron chi connectivity index (χ0n) is 13.6. The number of benzene rings is 2. The Kier molecular flexibility index (Phi) is 4.24. The summed E-state index contributed by atoms with van der Waals surface area (Å²) in [6.45, 7) is 3.22. The number of hydrogen-bond acceptors (Lipinski definition) is 5. The quantitative estimate of drug-likeness (QED) is 0.391. The van der Waals surface area contributed by atoms with E-state index in [0.29, 0.717) is 26.6 Å². The molecule has 2 aromatic rings. The minimum Gasteiger partial charge on any atom is -0.622 e. The number of non-ortho nitro benzene ring substituents is 1. The molecule has 7 nitrogen and oxygen atoms in total. The SMILES string of the molecule is C[C@@H]1C(c2ccc(Cl)cc2)=[N+]([O-])[C@](C)(c2cccc([N+](=O)[O-])c2)N1O. The molecule has 0 spiro atoms. The Morgan fingerprint density at radius 2 is 1.92 bits per heavy atom. The molecule has 3 rings (SSSR count). The highest BCUT2D eigenvalue weighted by molar-refractivity contribution is 6.30. The van der Waals surface area contributed by atoms with Crippen molar-refractivity contribution in [1.29, 1.82) is 0 Å². The molecule has 1 N–H and O–H groups in total. The van der Waals surface area contributed by atoms with Gasteiger partial charge in [0.1, 0.15) is 6.04 Å². The van der Waals surface area contributed by atoms with Gasteiger partial charge in [-0.15, -0.1) is 5.06 Å². The maximum atomic E-state index is 13.1. The van der Waals surface area contributed by atoms with Crippen LogP contribution in [0.4, 0.5) is 5.69 Å². The average Bonchev–Trinajstić information content (AvgIpc) is 2.78. The zero-order chi connectivity index (χ0) is 18.4. The molecule has 0 saturated heterocycles. The molecule has 1 heterocycles. The highest BCUT2D eigenvalue weighted by atomic mass is 35.5. The van der Waals surface area contributed by atoms with E-state index in [1.165, 1.54) is 25.1 Å². The minimum absolute atomic E-state index is 0.145. The van der Waals surface area contributed by atoms with Crippen molar-refractivity contribution in [2.24, 2.45) is 0 Å². The van der Waals surface area contributed by atoms with Crippen LogP contribution >= 0.6 is 11.6 Å². The second-order valence-electron chi connectivity index (χ2n) is 6.04. The predicted octanol–water partition coefficient (Wildman–Crippen LogP) is 3.51. The molecule has 0 fully saturated rings. The molecule has 2 aromatic carbocycles. The molecule has 0 amide bonds. The number of nitrogens with zero attached hydrogens (tertiary/aromatic N) is 3. The van der Waals surface area contributed by atoms with Crippen LogP contribution in [0.5, 0.6) is 0 Å². The number of nitro benzene ring substituents is 1. The highest BCUT2D eigenvalue weighted by Crippen LogP contribution is 2.37. The predicted molar refractivity (Wildman–Crippen MR) is 92.7 cm³/mol. The van der Waals surface area contributed by atoms with Crippen LogP contribution in [0.1, 0.15) is 25.0 Å². The molecule has 25 heavy (non-hydrogen) atoms. The van der Waals surface area contributed by atoms with Crippen molar-refractivity contribution < 1.29 is 14.9 Å². The van der Waals surface area contributed by atoms with Crippen LogP contribution in [0.15, 0.2) is 48.5 Å². The molecule has 1 aliphatic heterocycles.